The van der Waals surface area contributed by atoms with Gasteiger partial charge in [-0.3, -0.25) is 9.69 Å². The van der Waals surface area contributed by atoms with E-state index >= 15 is 0 Å². The molecule has 1 amide bonds. The van der Waals surface area contributed by atoms with E-state index in [0.717, 1.165) is 44.0 Å². The zero-order valence-electron chi connectivity index (χ0n) is 13.9. The molecule has 23 heavy (non-hydrogen) atoms. The Morgan fingerprint density at radius 1 is 1.13 bits per heavy atom. The molecule has 1 aromatic carbocycles. The van der Waals surface area contributed by atoms with Crippen LogP contribution in [0.15, 0.2) is 36.4 Å². The molecule has 0 bridgehead atoms. The number of rotatable bonds is 4. The van der Waals surface area contributed by atoms with Crippen molar-refractivity contribution in [3.8, 4) is 0 Å². The van der Waals surface area contributed by atoms with E-state index in [1.54, 1.807) is 11.3 Å². The molecular formula is C19H24N2OS. The first-order valence-electron chi connectivity index (χ1n) is 8.32. The Kier molecular flexibility index (Phi) is 5.13. The molecule has 0 aliphatic carbocycles. The number of carbonyl (C=O) groups is 1. The van der Waals surface area contributed by atoms with Crippen molar-refractivity contribution >= 4 is 17.2 Å². The molecule has 0 saturated carbocycles. The highest BCUT2D eigenvalue weighted by atomic mass is 32.1. The molecule has 122 valence electrons. The van der Waals surface area contributed by atoms with Crippen molar-refractivity contribution in [2.75, 3.05) is 26.2 Å². The van der Waals surface area contributed by atoms with Gasteiger partial charge in [0.2, 0.25) is 0 Å². The van der Waals surface area contributed by atoms with E-state index in [1.165, 1.54) is 16.0 Å². The Morgan fingerprint density at radius 3 is 2.43 bits per heavy atom. The molecule has 3 rings (SSSR count). The van der Waals surface area contributed by atoms with Crippen molar-refractivity contribution in [2.45, 2.75) is 26.8 Å². The summed E-state index contributed by atoms with van der Waals surface area (Å²) in [6, 6.07) is 12.6. The van der Waals surface area contributed by atoms with Crippen molar-refractivity contribution in [3.63, 3.8) is 0 Å². The number of piperazine rings is 1. The van der Waals surface area contributed by atoms with Gasteiger partial charge < -0.3 is 4.90 Å². The van der Waals surface area contributed by atoms with E-state index in [1.807, 2.05) is 11.0 Å². The number of nitrogens with zero attached hydrogens (tertiary/aromatic N) is 2. The van der Waals surface area contributed by atoms with Crippen LogP contribution in [0.2, 0.25) is 0 Å². The fraction of sp³-hybridized carbons (Fsp3) is 0.421. The van der Waals surface area contributed by atoms with Gasteiger partial charge in [0.25, 0.3) is 5.91 Å². The first-order valence-corrected chi connectivity index (χ1v) is 9.14. The summed E-state index contributed by atoms with van der Waals surface area (Å²) in [4.78, 5) is 19.3. The second-order valence-electron chi connectivity index (χ2n) is 6.12. The SMILES string of the molecule is CCc1sc(C(=O)N2CCN(Cc3ccccc3)CC2)cc1C. The van der Waals surface area contributed by atoms with Crippen LogP contribution in [0.4, 0.5) is 0 Å². The number of thiophene rings is 1. The van der Waals surface area contributed by atoms with E-state index in [2.05, 4.69) is 49.1 Å². The lowest BCUT2D eigenvalue weighted by molar-refractivity contribution is 0.0633. The summed E-state index contributed by atoms with van der Waals surface area (Å²) in [5.74, 6) is 0.206. The van der Waals surface area contributed by atoms with Gasteiger partial charge in [-0.1, -0.05) is 37.3 Å². The number of carbonyl (C=O) groups excluding carboxylic acids is 1. The largest absolute Gasteiger partial charge is 0.335 e. The topological polar surface area (TPSA) is 23.6 Å². The Labute approximate surface area is 142 Å². The van der Waals surface area contributed by atoms with E-state index in [9.17, 15) is 4.79 Å². The maximum absolute atomic E-state index is 12.7. The highest BCUT2D eigenvalue weighted by Gasteiger charge is 2.23. The number of benzene rings is 1. The van der Waals surface area contributed by atoms with Crippen molar-refractivity contribution < 1.29 is 4.79 Å². The minimum Gasteiger partial charge on any atom is -0.335 e. The predicted molar refractivity (Wildman–Crippen MR) is 96.1 cm³/mol. The second-order valence-corrected chi connectivity index (χ2v) is 7.26. The molecule has 0 spiro atoms. The number of hydrogen-bond donors (Lipinski definition) is 0. The molecule has 1 saturated heterocycles. The molecule has 0 atom stereocenters. The van der Waals surface area contributed by atoms with Crippen LogP contribution in [0.1, 0.15) is 32.6 Å². The maximum Gasteiger partial charge on any atom is 0.264 e. The number of aryl methyl sites for hydroxylation is 2. The van der Waals surface area contributed by atoms with Gasteiger partial charge in [0.1, 0.15) is 0 Å². The van der Waals surface area contributed by atoms with Crippen LogP contribution in [-0.4, -0.2) is 41.9 Å². The maximum atomic E-state index is 12.7. The van der Waals surface area contributed by atoms with Crippen molar-refractivity contribution in [2.24, 2.45) is 0 Å². The van der Waals surface area contributed by atoms with Gasteiger partial charge in [0, 0.05) is 37.6 Å². The van der Waals surface area contributed by atoms with Crippen molar-refractivity contribution in [1.82, 2.24) is 9.80 Å². The van der Waals surface area contributed by atoms with Crippen LogP contribution in [-0.2, 0) is 13.0 Å². The molecule has 1 aliphatic rings. The summed E-state index contributed by atoms with van der Waals surface area (Å²) < 4.78 is 0. The van der Waals surface area contributed by atoms with Gasteiger partial charge in [0.15, 0.2) is 0 Å². The first kappa shape index (κ1) is 16.2. The molecule has 1 fully saturated rings. The van der Waals surface area contributed by atoms with Crippen LogP contribution in [0, 0.1) is 6.92 Å². The monoisotopic (exact) mass is 328 g/mol. The molecule has 3 nitrogen and oxygen atoms in total. The lowest BCUT2D eigenvalue weighted by Crippen LogP contribution is -2.48. The molecular weight excluding hydrogens is 304 g/mol. The van der Waals surface area contributed by atoms with Crippen molar-refractivity contribution in [3.05, 3.63) is 57.3 Å². The fourth-order valence-electron chi connectivity index (χ4n) is 3.08. The van der Waals surface area contributed by atoms with Gasteiger partial charge in [-0.15, -0.1) is 11.3 Å². The minimum atomic E-state index is 0.206. The summed E-state index contributed by atoms with van der Waals surface area (Å²) in [5, 5.41) is 0. The second kappa shape index (κ2) is 7.28. The molecule has 0 unspecified atom stereocenters. The predicted octanol–water partition coefficient (Wildman–Crippen LogP) is 3.58. The van der Waals surface area contributed by atoms with Crippen LogP contribution >= 0.6 is 11.3 Å². The summed E-state index contributed by atoms with van der Waals surface area (Å²) in [7, 11) is 0. The zero-order chi connectivity index (χ0) is 16.2. The molecule has 0 N–H and O–H groups in total. The summed E-state index contributed by atoms with van der Waals surface area (Å²) in [6.45, 7) is 8.77. The van der Waals surface area contributed by atoms with Gasteiger partial charge in [-0.2, -0.15) is 0 Å². The van der Waals surface area contributed by atoms with E-state index < -0.39 is 0 Å². The normalized spacial score (nSPS) is 15.8. The average molecular weight is 328 g/mol. The number of hydrogen-bond acceptors (Lipinski definition) is 3. The molecule has 2 heterocycles. The number of amides is 1. The van der Waals surface area contributed by atoms with Crippen molar-refractivity contribution in [1.29, 1.82) is 0 Å². The van der Waals surface area contributed by atoms with E-state index in [-0.39, 0.29) is 5.91 Å². The van der Waals surface area contributed by atoms with Crippen LogP contribution in [0.3, 0.4) is 0 Å². The third kappa shape index (κ3) is 3.82. The van der Waals surface area contributed by atoms with E-state index in [4.69, 9.17) is 0 Å². The third-order valence-corrected chi connectivity index (χ3v) is 5.83. The van der Waals surface area contributed by atoms with Crippen LogP contribution < -0.4 is 0 Å². The summed E-state index contributed by atoms with van der Waals surface area (Å²) in [6.07, 6.45) is 1.01. The lowest BCUT2D eigenvalue weighted by Gasteiger charge is -2.34. The zero-order valence-corrected chi connectivity index (χ0v) is 14.7. The van der Waals surface area contributed by atoms with Crippen LogP contribution in [0.25, 0.3) is 0 Å². The Morgan fingerprint density at radius 2 is 1.83 bits per heavy atom. The third-order valence-electron chi connectivity index (χ3n) is 4.46. The smallest absolute Gasteiger partial charge is 0.264 e. The van der Waals surface area contributed by atoms with Gasteiger partial charge in [-0.05, 0) is 30.5 Å². The highest BCUT2D eigenvalue weighted by molar-refractivity contribution is 7.14. The summed E-state index contributed by atoms with van der Waals surface area (Å²) in [5.41, 5.74) is 2.59. The fourth-order valence-corrected chi connectivity index (χ4v) is 4.16. The highest BCUT2D eigenvalue weighted by Crippen LogP contribution is 2.24. The Bertz CT molecular complexity index is 657. The first-order chi connectivity index (χ1) is 11.2. The quantitative estimate of drug-likeness (QED) is 0.856. The molecule has 4 heteroatoms. The lowest BCUT2D eigenvalue weighted by atomic mass is 10.2. The summed E-state index contributed by atoms with van der Waals surface area (Å²) >= 11 is 1.66. The standard InChI is InChI=1S/C19H24N2OS/c1-3-17-15(2)13-18(23-17)19(22)21-11-9-20(10-12-21)14-16-7-5-4-6-8-16/h4-8,13H,3,9-12,14H2,1-2H3. The van der Waals surface area contributed by atoms with Gasteiger partial charge in [-0.25, -0.2) is 0 Å². The molecule has 2 aromatic rings. The minimum absolute atomic E-state index is 0.206. The Hall–Kier alpha value is -1.65. The van der Waals surface area contributed by atoms with E-state index in [0.29, 0.717) is 0 Å². The van der Waals surface area contributed by atoms with Gasteiger partial charge in [0.05, 0.1) is 4.88 Å². The Balaban J connectivity index is 1.56. The molecule has 0 radical (unpaired) electrons. The van der Waals surface area contributed by atoms with Gasteiger partial charge >= 0.3 is 0 Å². The van der Waals surface area contributed by atoms with Crippen LogP contribution in [0.5, 0.6) is 0 Å². The molecule has 1 aliphatic heterocycles. The average Bonchev–Trinajstić information content (AvgIpc) is 2.97. The molecule has 1 aromatic heterocycles.